The fourth-order valence-corrected chi connectivity index (χ4v) is 1.67. The van der Waals surface area contributed by atoms with Gasteiger partial charge in [0.05, 0.1) is 30.6 Å². The molecule has 0 saturated heterocycles. The molecule has 0 aliphatic carbocycles. The lowest BCUT2D eigenvalue weighted by Crippen LogP contribution is -2.01. The maximum atomic E-state index is 8.82. The van der Waals surface area contributed by atoms with Crippen molar-refractivity contribution in [3.8, 4) is 11.8 Å². The Hall–Kier alpha value is -2.48. The van der Waals surface area contributed by atoms with Crippen molar-refractivity contribution in [1.82, 2.24) is 9.78 Å². The van der Waals surface area contributed by atoms with E-state index in [1.54, 1.807) is 23.9 Å². The maximum absolute atomic E-state index is 8.82. The van der Waals surface area contributed by atoms with Gasteiger partial charge in [-0.05, 0) is 12.1 Å². The summed E-state index contributed by atoms with van der Waals surface area (Å²) in [6, 6.07) is 7.40. The van der Waals surface area contributed by atoms with Crippen LogP contribution < -0.4 is 10.1 Å². The Kier molecular flexibility index (Phi) is 3.49. The van der Waals surface area contributed by atoms with Crippen molar-refractivity contribution < 1.29 is 4.74 Å². The topological polar surface area (TPSA) is 62.9 Å². The zero-order valence-electron chi connectivity index (χ0n) is 10.3. The minimum Gasteiger partial charge on any atom is -0.495 e. The van der Waals surface area contributed by atoms with Crippen molar-refractivity contribution in [3.63, 3.8) is 0 Å². The van der Waals surface area contributed by atoms with Crippen LogP contribution in [0.15, 0.2) is 30.6 Å². The van der Waals surface area contributed by atoms with Crippen LogP contribution in [0.1, 0.15) is 11.1 Å². The first-order valence-corrected chi connectivity index (χ1v) is 5.52. The molecule has 0 unspecified atom stereocenters. The van der Waals surface area contributed by atoms with Gasteiger partial charge in [0.1, 0.15) is 5.75 Å². The van der Waals surface area contributed by atoms with Crippen molar-refractivity contribution in [2.45, 2.75) is 6.54 Å². The molecule has 0 amide bonds. The molecule has 0 fully saturated rings. The summed E-state index contributed by atoms with van der Waals surface area (Å²) in [6.07, 6.45) is 3.76. The summed E-state index contributed by atoms with van der Waals surface area (Å²) in [6.45, 7) is 0.663. The summed E-state index contributed by atoms with van der Waals surface area (Å²) in [5.41, 5.74) is 2.53. The first-order chi connectivity index (χ1) is 8.72. The number of ether oxygens (including phenoxy) is 1. The van der Waals surface area contributed by atoms with E-state index >= 15 is 0 Å². The number of anilines is 1. The SMILES string of the molecule is COc1cc(C#N)ccc1NCc1cnn(C)c1. The van der Waals surface area contributed by atoms with Gasteiger partial charge >= 0.3 is 0 Å². The number of nitriles is 1. The predicted molar refractivity (Wildman–Crippen MR) is 68.2 cm³/mol. The molecule has 1 aromatic carbocycles. The maximum Gasteiger partial charge on any atom is 0.143 e. The molecule has 18 heavy (non-hydrogen) atoms. The van der Waals surface area contributed by atoms with Gasteiger partial charge in [-0.2, -0.15) is 10.4 Å². The third kappa shape index (κ3) is 2.61. The van der Waals surface area contributed by atoms with Crippen LogP contribution in [-0.2, 0) is 13.6 Å². The number of aryl methyl sites for hydroxylation is 1. The molecule has 92 valence electrons. The Labute approximate surface area is 106 Å². The standard InChI is InChI=1S/C13H14N4O/c1-17-9-11(8-16-17)7-15-12-4-3-10(6-14)5-13(12)18-2/h3-5,8-9,15H,7H2,1-2H3. The third-order valence-corrected chi connectivity index (χ3v) is 2.57. The van der Waals surface area contributed by atoms with Crippen LogP contribution in [0.3, 0.4) is 0 Å². The molecule has 2 aromatic rings. The highest BCUT2D eigenvalue weighted by Crippen LogP contribution is 2.25. The van der Waals surface area contributed by atoms with Crippen LogP contribution in [0.5, 0.6) is 5.75 Å². The Morgan fingerprint density at radius 1 is 1.50 bits per heavy atom. The number of hydrogen-bond acceptors (Lipinski definition) is 4. The lowest BCUT2D eigenvalue weighted by atomic mass is 10.2. The van der Waals surface area contributed by atoms with Crippen molar-refractivity contribution >= 4 is 5.69 Å². The van der Waals surface area contributed by atoms with E-state index in [0.29, 0.717) is 17.9 Å². The summed E-state index contributed by atoms with van der Waals surface area (Å²) in [5.74, 6) is 0.665. The molecular weight excluding hydrogens is 228 g/mol. The number of methoxy groups -OCH3 is 1. The molecule has 5 heteroatoms. The van der Waals surface area contributed by atoms with Gasteiger partial charge in [0.15, 0.2) is 0 Å². The molecule has 0 aliphatic heterocycles. The highest BCUT2D eigenvalue weighted by Gasteiger charge is 2.04. The Bertz CT molecular complexity index is 583. The van der Waals surface area contributed by atoms with Gasteiger partial charge < -0.3 is 10.1 Å². The van der Waals surface area contributed by atoms with E-state index in [0.717, 1.165) is 11.3 Å². The van der Waals surface area contributed by atoms with Gasteiger partial charge in [0.25, 0.3) is 0 Å². The van der Waals surface area contributed by atoms with Gasteiger partial charge in [-0.1, -0.05) is 0 Å². The van der Waals surface area contributed by atoms with Gasteiger partial charge in [0.2, 0.25) is 0 Å². The summed E-state index contributed by atoms with van der Waals surface area (Å²) in [7, 11) is 3.47. The fourth-order valence-electron chi connectivity index (χ4n) is 1.67. The van der Waals surface area contributed by atoms with Gasteiger partial charge in [-0.3, -0.25) is 4.68 Å². The molecule has 0 spiro atoms. The van der Waals surface area contributed by atoms with E-state index in [4.69, 9.17) is 10.00 Å². The number of rotatable bonds is 4. The van der Waals surface area contributed by atoms with E-state index < -0.39 is 0 Å². The van der Waals surface area contributed by atoms with Crippen LogP contribution in [0.4, 0.5) is 5.69 Å². The monoisotopic (exact) mass is 242 g/mol. The Morgan fingerprint density at radius 2 is 2.33 bits per heavy atom. The highest BCUT2D eigenvalue weighted by atomic mass is 16.5. The zero-order chi connectivity index (χ0) is 13.0. The molecule has 1 heterocycles. The minimum absolute atomic E-state index is 0.582. The number of hydrogen-bond donors (Lipinski definition) is 1. The minimum atomic E-state index is 0.582. The van der Waals surface area contributed by atoms with E-state index in [1.165, 1.54) is 0 Å². The van der Waals surface area contributed by atoms with Crippen LogP contribution in [0.25, 0.3) is 0 Å². The van der Waals surface area contributed by atoms with E-state index in [-0.39, 0.29) is 0 Å². The van der Waals surface area contributed by atoms with E-state index in [1.807, 2.05) is 25.5 Å². The summed E-state index contributed by atoms with van der Waals surface area (Å²) in [4.78, 5) is 0. The predicted octanol–water partition coefficient (Wildman–Crippen LogP) is 1.91. The Balaban J connectivity index is 2.12. The number of nitrogens with one attached hydrogen (secondary N) is 1. The highest BCUT2D eigenvalue weighted by molar-refractivity contribution is 5.59. The van der Waals surface area contributed by atoms with Crippen molar-refractivity contribution in [2.75, 3.05) is 12.4 Å². The van der Waals surface area contributed by atoms with E-state index in [2.05, 4.69) is 16.5 Å². The molecule has 0 atom stereocenters. The van der Waals surface area contributed by atoms with Crippen molar-refractivity contribution in [1.29, 1.82) is 5.26 Å². The first-order valence-electron chi connectivity index (χ1n) is 5.52. The van der Waals surface area contributed by atoms with Gasteiger partial charge in [0, 0.05) is 31.4 Å². The van der Waals surface area contributed by atoms with E-state index in [9.17, 15) is 0 Å². The van der Waals surface area contributed by atoms with Crippen LogP contribution in [0.2, 0.25) is 0 Å². The van der Waals surface area contributed by atoms with Gasteiger partial charge in [-0.15, -0.1) is 0 Å². The second-order valence-electron chi connectivity index (χ2n) is 3.90. The van der Waals surface area contributed by atoms with Crippen molar-refractivity contribution in [2.24, 2.45) is 7.05 Å². The summed E-state index contributed by atoms with van der Waals surface area (Å²) in [5, 5.41) is 16.2. The smallest absolute Gasteiger partial charge is 0.143 e. The second-order valence-corrected chi connectivity index (χ2v) is 3.90. The number of aromatic nitrogens is 2. The third-order valence-electron chi connectivity index (χ3n) is 2.57. The molecule has 0 radical (unpaired) electrons. The Morgan fingerprint density at radius 3 is 2.94 bits per heavy atom. The average Bonchev–Trinajstić information content (AvgIpc) is 2.82. The number of benzene rings is 1. The molecule has 0 bridgehead atoms. The van der Waals surface area contributed by atoms with Crippen LogP contribution >= 0.6 is 0 Å². The quantitative estimate of drug-likeness (QED) is 0.889. The van der Waals surface area contributed by atoms with Crippen LogP contribution in [-0.4, -0.2) is 16.9 Å². The second kappa shape index (κ2) is 5.23. The molecule has 1 N–H and O–H groups in total. The fraction of sp³-hybridized carbons (Fsp3) is 0.231. The lowest BCUT2D eigenvalue weighted by molar-refractivity contribution is 0.416. The molecule has 5 nitrogen and oxygen atoms in total. The summed E-state index contributed by atoms with van der Waals surface area (Å²) < 4.78 is 7.00. The molecule has 0 aliphatic rings. The molecule has 0 saturated carbocycles. The molecule has 2 rings (SSSR count). The first kappa shape index (κ1) is 12.0. The molecular formula is C13H14N4O. The normalized spacial score (nSPS) is 9.83. The van der Waals surface area contributed by atoms with Crippen LogP contribution in [0, 0.1) is 11.3 Å². The average molecular weight is 242 g/mol. The van der Waals surface area contributed by atoms with Gasteiger partial charge in [-0.25, -0.2) is 0 Å². The zero-order valence-corrected chi connectivity index (χ0v) is 10.3. The largest absolute Gasteiger partial charge is 0.495 e. The summed E-state index contributed by atoms with van der Waals surface area (Å²) >= 11 is 0. The molecule has 1 aromatic heterocycles. The lowest BCUT2D eigenvalue weighted by Gasteiger charge is -2.10. The van der Waals surface area contributed by atoms with Crippen molar-refractivity contribution in [3.05, 3.63) is 41.7 Å². The number of nitrogens with zero attached hydrogens (tertiary/aromatic N) is 3.